The van der Waals surface area contributed by atoms with Gasteiger partial charge in [0.05, 0.1) is 37.4 Å². The van der Waals surface area contributed by atoms with Crippen LogP contribution in [0, 0.1) is 11.8 Å². The van der Waals surface area contributed by atoms with Gasteiger partial charge in [0, 0.05) is 50.7 Å². The lowest BCUT2D eigenvalue weighted by atomic mass is 9.87. The Morgan fingerprint density at radius 3 is 2.14 bits per heavy atom. The van der Waals surface area contributed by atoms with Gasteiger partial charge in [-0.15, -0.1) is 0 Å². The number of rotatable bonds is 27. The van der Waals surface area contributed by atoms with E-state index in [0.717, 1.165) is 34.2 Å². The smallest absolute Gasteiger partial charge is 0.407 e. The number of esters is 1. The molecule has 0 aromatic heterocycles. The number of primary amides is 1. The summed E-state index contributed by atoms with van der Waals surface area (Å²) in [6.07, 6.45) is 6.14. The minimum absolute atomic E-state index is 0.00361. The molecule has 0 saturated carbocycles. The fraction of sp³-hybridized carbons (Fsp3) is 0.500. The maximum atomic E-state index is 13.8. The van der Waals surface area contributed by atoms with E-state index in [4.69, 9.17) is 34.2 Å². The van der Waals surface area contributed by atoms with Gasteiger partial charge >= 0.3 is 24.2 Å². The van der Waals surface area contributed by atoms with Gasteiger partial charge in [0.2, 0.25) is 23.6 Å². The second-order valence-electron chi connectivity index (χ2n) is 23.1. The molecule has 7 rings (SSSR count). The first-order chi connectivity index (χ1) is 41.6. The summed E-state index contributed by atoms with van der Waals surface area (Å²) in [5, 5.41) is 30.3. The number of anilines is 1. The number of carbonyl (C=O) groups excluding carboxylic acids is 8. The largest absolute Gasteiger partial charge is 0.459 e. The zero-order chi connectivity index (χ0) is 62.8. The number of benzene rings is 3. The Balaban J connectivity index is 0.804. The van der Waals surface area contributed by atoms with Crippen molar-refractivity contribution >= 4 is 53.5 Å². The highest BCUT2D eigenvalue weighted by molar-refractivity contribution is 5.98. The van der Waals surface area contributed by atoms with E-state index in [1.165, 1.54) is 19.1 Å². The van der Waals surface area contributed by atoms with Crippen LogP contribution in [-0.2, 0) is 59.0 Å². The zero-order valence-electron chi connectivity index (χ0n) is 50.5. The molecule has 3 aromatic carbocycles. The highest BCUT2D eigenvalue weighted by Crippen LogP contribution is 2.45. The number of alkyl carbamates (subject to hydrolysis) is 2. The highest BCUT2D eigenvalue weighted by atomic mass is 16.6. The molecular formula is C64H84N8O15. The van der Waals surface area contributed by atoms with Crippen molar-refractivity contribution in [1.29, 1.82) is 0 Å². The zero-order valence-corrected chi connectivity index (χ0v) is 50.5. The number of carbonyl (C=O) groups is 8. The summed E-state index contributed by atoms with van der Waals surface area (Å²) in [4.78, 5) is 102. The maximum absolute atomic E-state index is 13.8. The molecule has 1 unspecified atom stereocenters. The van der Waals surface area contributed by atoms with Crippen molar-refractivity contribution < 1.29 is 71.9 Å². The first-order valence-corrected chi connectivity index (χ1v) is 29.7. The van der Waals surface area contributed by atoms with E-state index in [1.54, 1.807) is 51.1 Å². The van der Waals surface area contributed by atoms with Crippen molar-refractivity contribution in [2.75, 3.05) is 38.2 Å². The summed E-state index contributed by atoms with van der Waals surface area (Å²) < 4.78 is 34.4. The van der Waals surface area contributed by atoms with Gasteiger partial charge in [0.25, 0.3) is 0 Å². The van der Waals surface area contributed by atoms with Crippen LogP contribution in [0.25, 0.3) is 11.1 Å². The quantitative estimate of drug-likeness (QED) is 0.0108. The average molecular weight is 1210 g/mol. The lowest BCUT2D eigenvalue weighted by Gasteiger charge is -2.39. The van der Waals surface area contributed by atoms with Crippen molar-refractivity contribution in [3.8, 4) is 11.1 Å². The van der Waals surface area contributed by atoms with Gasteiger partial charge in [-0.3, -0.25) is 24.0 Å². The Hall–Kier alpha value is -8.12. The van der Waals surface area contributed by atoms with Gasteiger partial charge in [-0.1, -0.05) is 105 Å². The number of nitrogens with two attached hydrogens (primary N) is 1. The van der Waals surface area contributed by atoms with Crippen molar-refractivity contribution in [2.45, 2.75) is 160 Å². The van der Waals surface area contributed by atoms with Crippen molar-refractivity contribution in [1.82, 2.24) is 31.9 Å². The van der Waals surface area contributed by atoms with Crippen LogP contribution in [0.15, 0.2) is 109 Å². The topological polar surface area (TPSA) is 326 Å². The molecule has 8 amide bonds. The van der Waals surface area contributed by atoms with E-state index >= 15 is 0 Å². The minimum atomic E-state index is -1.09. The molecule has 11 atom stereocenters. The van der Waals surface area contributed by atoms with Crippen molar-refractivity contribution in [2.24, 2.45) is 17.6 Å². The molecule has 470 valence electrons. The fourth-order valence-corrected chi connectivity index (χ4v) is 11.0. The van der Waals surface area contributed by atoms with E-state index in [1.807, 2.05) is 68.5 Å². The summed E-state index contributed by atoms with van der Waals surface area (Å²) in [6.45, 7) is 13.1. The molecule has 3 fully saturated rings. The van der Waals surface area contributed by atoms with E-state index in [2.05, 4.69) is 50.2 Å². The Kier molecular flexibility index (Phi) is 24.0. The van der Waals surface area contributed by atoms with E-state index in [9.17, 15) is 43.5 Å². The molecule has 23 nitrogen and oxygen atoms in total. The SMILES string of the molecule is CC(=O)O[C@@H](C)/C=C\C(=O)N[C@@H]1C[C@H](C)[C@H](C/C=C(C)/C=C/[C@H]2OC(CC(=O)NCCNC(=O)OCc3ccc(NC(=O)[C@H](CCCNC(N)=O)NC(=O)[C@@H](NC(=O)OCC4c5ccccc5-c5ccccc54)C(C)C)cc3)C[C@@]3(CO3)[C@@H]2O)O[C@@H]1C. The number of nitrogens with one attached hydrogen (secondary N) is 7. The Bertz CT molecular complexity index is 2950. The number of ether oxygens (including phenoxy) is 6. The number of urea groups is 1. The third kappa shape index (κ3) is 19.7. The van der Waals surface area contributed by atoms with Gasteiger partial charge in [-0.25, -0.2) is 14.4 Å². The average Bonchev–Trinajstić information content (AvgIpc) is 1.83. The molecule has 87 heavy (non-hydrogen) atoms. The molecule has 1 aliphatic carbocycles. The van der Waals surface area contributed by atoms with Gasteiger partial charge in [-0.05, 0) is 104 Å². The molecule has 10 N–H and O–H groups in total. The van der Waals surface area contributed by atoms with Crippen LogP contribution < -0.4 is 43.0 Å². The Labute approximate surface area is 507 Å². The first-order valence-electron chi connectivity index (χ1n) is 29.7. The van der Waals surface area contributed by atoms with Gasteiger partial charge in [-0.2, -0.15) is 0 Å². The summed E-state index contributed by atoms with van der Waals surface area (Å²) >= 11 is 0. The summed E-state index contributed by atoms with van der Waals surface area (Å²) in [7, 11) is 0. The lowest BCUT2D eigenvalue weighted by Crippen LogP contribution is -2.54. The Morgan fingerprint density at radius 1 is 0.805 bits per heavy atom. The summed E-state index contributed by atoms with van der Waals surface area (Å²) in [5.41, 5.74) is 10.6. The number of fused-ring (bicyclic) bond motifs is 3. The number of allylic oxidation sites excluding steroid dienone is 2. The highest BCUT2D eigenvalue weighted by Gasteiger charge is 2.58. The molecule has 3 saturated heterocycles. The predicted octanol–water partition coefficient (Wildman–Crippen LogP) is 5.84. The molecule has 3 aliphatic heterocycles. The van der Waals surface area contributed by atoms with Crippen LogP contribution in [-0.4, -0.2) is 146 Å². The first kappa shape index (κ1) is 66.4. The standard InChI is InChI=1S/C64H84N8O15/c1-37(2)57(72-63(81)83-35-50-48-15-10-8-13-46(48)47-14-9-11-16-49(47)50)60(78)71-51(17-12-28-67-61(65)79)59(77)69-44-23-21-43(22-24-44)34-82-62(80)68-30-29-66-56(75)32-45-33-64(36-84-64)58(76)54(87-45)26-19-38(3)18-25-53-39(4)31-52(41(6)86-53)70-55(74)27-20-40(5)85-42(7)73/h8-11,13-16,18-24,26-27,37,39-41,45,50-54,57-58,76H,12,17,25,28-36H2,1-7H3,(H,66,75)(H,68,80)(H,69,77)(H,70,74)(H,71,78)(H,72,81)(H3,65,67,79)/b26-19+,27-20-,38-18+/t39-,40-,41+,45?,51-,52+,53-,54+,57-,58+,64+/m0/s1. The molecule has 0 radical (unpaired) electrons. The lowest BCUT2D eigenvalue weighted by molar-refractivity contribution is -0.145. The van der Waals surface area contributed by atoms with Gasteiger partial charge in [0.1, 0.15) is 49.2 Å². The van der Waals surface area contributed by atoms with Crippen LogP contribution in [0.2, 0.25) is 0 Å². The van der Waals surface area contributed by atoms with Crippen LogP contribution >= 0.6 is 0 Å². The number of epoxide rings is 1. The molecule has 0 bridgehead atoms. The molecule has 1 spiro atoms. The molecule has 4 aliphatic rings. The monoisotopic (exact) mass is 1200 g/mol. The van der Waals surface area contributed by atoms with Crippen molar-refractivity contribution in [3.63, 3.8) is 0 Å². The molecule has 23 heteroatoms. The van der Waals surface area contributed by atoms with Crippen LogP contribution in [0.3, 0.4) is 0 Å². The third-order valence-electron chi connectivity index (χ3n) is 15.8. The normalized spacial score (nSPS) is 23.3. The second-order valence-corrected chi connectivity index (χ2v) is 23.1. The molecule has 3 heterocycles. The van der Waals surface area contributed by atoms with Gasteiger partial charge in [0.15, 0.2) is 0 Å². The van der Waals surface area contributed by atoms with E-state index in [-0.39, 0.29) is 94.0 Å². The van der Waals surface area contributed by atoms with Crippen molar-refractivity contribution in [3.05, 3.63) is 125 Å². The maximum Gasteiger partial charge on any atom is 0.407 e. The van der Waals surface area contributed by atoms with E-state index in [0.29, 0.717) is 30.7 Å². The van der Waals surface area contributed by atoms with Crippen LogP contribution in [0.1, 0.15) is 110 Å². The number of aliphatic hydroxyl groups is 1. The summed E-state index contributed by atoms with van der Waals surface area (Å²) in [5.74, 6) is -2.63. The number of aliphatic hydroxyl groups excluding tert-OH is 1. The molecule has 3 aromatic rings. The third-order valence-corrected chi connectivity index (χ3v) is 15.8. The number of hydrogen-bond donors (Lipinski definition) is 9. The van der Waals surface area contributed by atoms with Crippen LogP contribution in [0.5, 0.6) is 0 Å². The summed E-state index contributed by atoms with van der Waals surface area (Å²) in [6, 6.07) is 19.3. The van der Waals surface area contributed by atoms with Crippen LogP contribution in [0.4, 0.5) is 20.1 Å². The number of amides is 8. The fourth-order valence-electron chi connectivity index (χ4n) is 11.0. The molecular weight excluding hydrogens is 1120 g/mol. The van der Waals surface area contributed by atoms with E-state index < -0.39 is 84.0 Å². The number of hydrogen-bond acceptors (Lipinski definition) is 15. The van der Waals surface area contributed by atoms with Gasteiger partial charge < -0.3 is 76.5 Å². The Morgan fingerprint density at radius 2 is 1.48 bits per heavy atom. The second kappa shape index (κ2) is 31.5. The predicted molar refractivity (Wildman–Crippen MR) is 322 cm³/mol. The minimum Gasteiger partial charge on any atom is -0.459 e.